The van der Waals surface area contributed by atoms with Gasteiger partial charge in [0, 0.05) is 5.56 Å². The van der Waals surface area contributed by atoms with Crippen LogP contribution in [-0.2, 0) is 21.4 Å². The van der Waals surface area contributed by atoms with Gasteiger partial charge in [0.15, 0.2) is 17.3 Å². The third-order valence-electron chi connectivity index (χ3n) is 6.85. The lowest BCUT2D eigenvalue weighted by atomic mass is 9.81. The minimum absolute atomic E-state index is 0.243. The van der Waals surface area contributed by atoms with E-state index in [1.54, 1.807) is 20.0 Å². The predicted molar refractivity (Wildman–Crippen MR) is 158 cm³/mol. The van der Waals surface area contributed by atoms with Crippen molar-refractivity contribution in [2.24, 2.45) is 5.41 Å². The summed E-state index contributed by atoms with van der Waals surface area (Å²) in [6.07, 6.45) is 3.53. The molecular formula is C33H35N3O5. The normalized spacial score (nSPS) is 11.5. The van der Waals surface area contributed by atoms with Gasteiger partial charge in [-0.1, -0.05) is 48.5 Å². The molecule has 212 valence electrons. The summed E-state index contributed by atoms with van der Waals surface area (Å²) < 4.78 is 11.7. The number of para-hydroxylation sites is 2. The van der Waals surface area contributed by atoms with Gasteiger partial charge in [-0.3, -0.25) is 14.6 Å². The van der Waals surface area contributed by atoms with Crippen molar-refractivity contribution >= 4 is 17.7 Å². The van der Waals surface area contributed by atoms with Crippen LogP contribution in [0.3, 0.4) is 0 Å². The maximum absolute atomic E-state index is 13.3. The summed E-state index contributed by atoms with van der Waals surface area (Å²) in [7, 11) is 0. The van der Waals surface area contributed by atoms with Crippen LogP contribution in [-0.4, -0.2) is 33.6 Å². The Bertz CT molecular complexity index is 1530. The van der Waals surface area contributed by atoms with E-state index in [-0.39, 0.29) is 5.91 Å². The number of carbonyl (C=O) groups excluding carboxylic acids is 1. The minimum atomic E-state index is -0.877. The fraction of sp³-hybridized carbons (Fsp3) is 0.273. The zero-order valence-electron chi connectivity index (χ0n) is 24.0. The highest BCUT2D eigenvalue weighted by atomic mass is 16.5. The Morgan fingerprint density at radius 3 is 2.29 bits per heavy atom. The lowest BCUT2D eigenvalue weighted by Crippen LogP contribution is -2.35. The molecule has 41 heavy (non-hydrogen) atoms. The van der Waals surface area contributed by atoms with E-state index in [1.807, 2.05) is 93.6 Å². The smallest absolute Gasteiger partial charge is 0.309 e. The lowest BCUT2D eigenvalue weighted by Gasteiger charge is -2.25. The number of aliphatic carboxylic acids is 1. The Morgan fingerprint density at radius 2 is 1.61 bits per heavy atom. The van der Waals surface area contributed by atoms with Gasteiger partial charge in [0.1, 0.15) is 5.75 Å². The van der Waals surface area contributed by atoms with Crippen LogP contribution in [0.25, 0.3) is 11.3 Å². The first-order chi connectivity index (χ1) is 19.5. The molecule has 8 nitrogen and oxygen atoms in total. The third-order valence-corrected chi connectivity index (χ3v) is 6.85. The fourth-order valence-electron chi connectivity index (χ4n) is 4.25. The number of benzene rings is 3. The van der Waals surface area contributed by atoms with E-state index in [0.29, 0.717) is 41.8 Å². The van der Waals surface area contributed by atoms with E-state index in [9.17, 15) is 14.7 Å². The number of rotatable bonds is 11. The van der Waals surface area contributed by atoms with Crippen molar-refractivity contribution in [1.29, 1.82) is 0 Å². The number of carboxylic acid groups (broad SMARTS) is 1. The zero-order valence-corrected chi connectivity index (χ0v) is 24.0. The molecule has 0 spiro atoms. The van der Waals surface area contributed by atoms with Gasteiger partial charge in [-0.25, -0.2) is 4.98 Å². The van der Waals surface area contributed by atoms with Crippen LogP contribution in [0.4, 0.5) is 5.82 Å². The maximum Gasteiger partial charge on any atom is 0.309 e. The molecule has 0 saturated heterocycles. The molecule has 2 N–H and O–H groups in total. The Hall–Kier alpha value is -4.72. The van der Waals surface area contributed by atoms with Gasteiger partial charge in [-0.2, -0.15) is 0 Å². The van der Waals surface area contributed by atoms with Crippen LogP contribution >= 0.6 is 0 Å². The van der Waals surface area contributed by atoms with E-state index in [1.165, 1.54) is 6.20 Å². The average Bonchev–Trinajstić information content (AvgIpc) is 2.94. The molecule has 0 aliphatic carbocycles. The van der Waals surface area contributed by atoms with Crippen LogP contribution in [0.5, 0.6) is 17.2 Å². The van der Waals surface area contributed by atoms with E-state index < -0.39 is 16.8 Å². The molecule has 0 atom stereocenters. The standard InChI is InChI=1S/C33H35N3O5/c1-6-40-27-12-7-8-13-28(27)41-25-11-9-10-23(18-25)26-20-34-21-29(35-26)36-30(37)33(4,5)24-16-14-22(15-17-24)19-32(2,3)31(38)39/h7-18,20-21H,6,19H2,1-5H3,(H,38,39)(H,35,36,37). The second kappa shape index (κ2) is 12.2. The minimum Gasteiger partial charge on any atom is -0.490 e. The Balaban J connectivity index is 1.48. The summed E-state index contributed by atoms with van der Waals surface area (Å²) in [4.78, 5) is 33.7. The number of hydrogen-bond donors (Lipinski definition) is 2. The highest BCUT2D eigenvalue weighted by molar-refractivity contribution is 5.98. The molecule has 3 aromatic carbocycles. The molecule has 4 aromatic rings. The van der Waals surface area contributed by atoms with Gasteiger partial charge < -0.3 is 19.9 Å². The number of amides is 1. The second-order valence-corrected chi connectivity index (χ2v) is 10.9. The van der Waals surface area contributed by atoms with Gasteiger partial charge >= 0.3 is 5.97 Å². The molecule has 0 bridgehead atoms. The van der Waals surface area contributed by atoms with Crippen molar-refractivity contribution in [2.75, 3.05) is 11.9 Å². The number of nitrogens with one attached hydrogen (secondary N) is 1. The van der Waals surface area contributed by atoms with Gasteiger partial charge in [0.25, 0.3) is 0 Å². The topological polar surface area (TPSA) is 111 Å². The van der Waals surface area contributed by atoms with Crippen molar-refractivity contribution in [3.05, 3.63) is 96.3 Å². The van der Waals surface area contributed by atoms with Gasteiger partial charge in [-0.05, 0) is 76.4 Å². The Labute approximate surface area is 240 Å². The number of ether oxygens (including phenoxy) is 2. The maximum atomic E-state index is 13.3. The molecule has 0 aliphatic rings. The first-order valence-electron chi connectivity index (χ1n) is 13.5. The molecule has 0 aliphatic heterocycles. The Kier molecular flexibility index (Phi) is 8.71. The van der Waals surface area contributed by atoms with Gasteiger partial charge in [0.2, 0.25) is 5.91 Å². The first kappa shape index (κ1) is 29.3. The highest BCUT2D eigenvalue weighted by Crippen LogP contribution is 2.33. The number of carbonyl (C=O) groups is 2. The van der Waals surface area contributed by atoms with E-state index >= 15 is 0 Å². The first-order valence-corrected chi connectivity index (χ1v) is 13.5. The van der Waals surface area contributed by atoms with E-state index in [4.69, 9.17) is 9.47 Å². The van der Waals surface area contributed by atoms with Crippen LogP contribution in [0.15, 0.2) is 85.2 Å². The molecule has 8 heteroatoms. The van der Waals surface area contributed by atoms with Crippen LogP contribution in [0, 0.1) is 5.41 Å². The molecule has 0 fully saturated rings. The summed E-state index contributed by atoms with van der Waals surface area (Å²) in [6, 6.07) is 22.4. The van der Waals surface area contributed by atoms with Gasteiger partial charge in [-0.15, -0.1) is 0 Å². The largest absolute Gasteiger partial charge is 0.490 e. The van der Waals surface area contributed by atoms with Crippen molar-refractivity contribution in [2.45, 2.75) is 46.5 Å². The number of hydrogen-bond acceptors (Lipinski definition) is 6. The van der Waals surface area contributed by atoms with Crippen LogP contribution < -0.4 is 14.8 Å². The molecule has 1 heterocycles. The quantitative estimate of drug-likeness (QED) is 0.208. The van der Waals surface area contributed by atoms with Crippen molar-refractivity contribution in [3.63, 3.8) is 0 Å². The van der Waals surface area contributed by atoms with Crippen molar-refractivity contribution < 1.29 is 24.2 Å². The summed E-state index contributed by atoms with van der Waals surface area (Å²) in [5.41, 5.74) is 1.29. The summed E-state index contributed by atoms with van der Waals surface area (Å²) in [6.45, 7) is 9.50. The SMILES string of the molecule is CCOc1ccccc1Oc1cccc(-c2cncc(NC(=O)C(C)(C)c3ccc(CC(C)(C)C(=O)O)cc3)n2)c1. The summed E-state index contributed by atoms with van der Waals surface area (Å²) in [5, 5.41) is 12.3. The molecule has 1 amide bonds. The second-order valence-electron chi connectivity index (χ2n) is 10.9. The fourth-order valence-corrected chi connectivity index (χ4v) is 4.25. The number of nitrogens with zero attached hydrogens (tertiary/aromatic N) is 2. The average molecular weight is 554 g/mol. The monoisotopic (exact) mass is 553 g/mol. The van der Waals surface area contributed by atoms with Crippen molar-refractivity contribution in [1.82, 2.24) is 9.97 Å². The van der Waals surface area contributed by atoms with Gasteiger partial charge in [0.05, 0.1) is 35.5 Å². The number of aromatic nitrogens is 2. The molecular weight excluding hydrogens is 518 g/mol. The highest BCUT2D eigenvalue weighted by Gasteiger charge is 2.31. The summed E-state index contributed by atoms with van der Waals surface area (Å²) in [5.74, 6) is 1.12. The predicted octanol–water partition coefficient (Wildman–Crippen LogP) is 6.90. The van der Waals surface area contributed by atoms with Crippen LogP contribution in [0.2, 0.25) is 0 Å². The van der Waals surface area contributed by atoms with Crippen LogP contribution in [0.1, 0.15) is 45.7 Å². The van der Waals surface area contributed by atoms with E-state index in [2.05, 4.69) is 15.3 Å². The van der Waals surface area contributed by atoms with Crippen molar-refractivity contribution in [3.8, 4) is 28.5 Å². The molecule has 0 radical (unpaired) electrons. The number of anilines is 1. The zero-order chi connectivity index (χ0) is 29.6. The third kappa shape index (κ3) is 7.08. The molecule has 0 saturated carbocycles. The molecule has 1 aromatic heterocycles. The molecule has 0 unspecified atom stereocenters. The number of carboxylic acids is 1. The van der Waals surface area contributed by atoms with E-state index in [0.717, 1.165) is 16.7 Å². The Morgan fingerprint density at radius 1 is 0.902 bits per heavy atom. The lowest BCUT2D eigenvalue weighted by molar-refractivity contribution is -0.146. The molecule has 4 rings (SSSR count). The summed E-state index contributed by atoms with van der Waals surface area (Å²) >= 11 is 0.